The molecule has 0 aliphatic heterocycles. The monoisotopic (exact) mass is 375 g/mol. The number of sulfone groups is 1. The number of nitrogens with two attached hydrogens (primary N) is 1. The summed E-state index contributed by atoms with van der Waals surface area (Å²) in [4.78, 5) is 0. The first kappa shape index (κ1) is 18.1. The van der Waals surface area contributed by atoms with Gasteiger partial charge in [-0.25, -0.2) is 8.42 Å². The standard InChI is InChI=1S/C19H21NO3S2/c20-18(12-23-11-15-4-2-1-3-5-15)14-25(21,22)13-16-6-7-19-17(10-16)8-9-24-19/h1-10,18H,11-14,20H2/t18-/m0/s1. The van der Waals surface area contributed by atoms with Crippen molar-refractivity contribution in [3.05, 3.63) is 71.1 Å². The van der Waals surface area contributed by atoms with Crippen LogP contribution in [0, 0.1) is 0 Å². The third-order valence-electron chi connectivity index (χ3n) is 3.81. The molecule has 0 aliphatic carbocycles. The minimum absolute atomic E-state index is 0.00513. The molecule has 0 amide bonds. The fourth-order valence-electron chi connectivity index (χ4n) is 2.70. The third-order valence-corrected chi connectivity index (χ3v) is 6.42. The minimum atomic E-state index is -3.28. The van der Waals surface area contributed by atoms with Crippen molar-refractivity contribution in [3.8, 4) is 0 Å². The van der Waals surface area contributed by atoms with Crippen LogP contribution in [-0.2, 0) is 26.9 Å². The summed E-state index contributed by atoms with van der Waals surface area (Å²) in [5.41, 5.74) is 7.79. The molecular formula is C19H21NO3S2. The van der Waals surface area contributed by atoms with Crippen molar-refractivity contribution in [3.63, 3.8) is 0 Å². The Hall–Kier alpha value is -1.73. The van der Waals surface area contributed by atoms with E-state index in [1.807, 2.05) is 60.0 Å². The van der Waals surface area contributed by atoms with Gasteiger partial charge in [-0.3, -0.25) is 0 Å². The summed E-state index contributed by atoms with van der Waals surface area (Å²) >= 11 is 1.65. The van der Waals surface area contributed by atoms with E-state index in [2.05, 4.69) is 0 Å². The van der Waals surface area contributed by atoms with E-state index in [-0.39, 0.29) is 18.1 Å². The van der Waals surface area contributed by atoms with Crippen LogP contribution in [0.3, 0.4) is 0 Å². The summed E-state index contributed by atoms with van der Waals surface area (Å²) < 4.78 is 31.5. The number of ether oxygens (including phenoxy) is 1. The van der Waals surface area contributed by atoms with Gasteiger partial charge in [-0.15, -0.1) is 11.3 Å². The van der Waals surface area contributed by atoms with Crippen LogP contribution < -0.4 is 5.73 Å². The molecule has 1 heterocycles. The number of thiophene rings is 1. The lowest BCUT2D eigenvalue weighted by Gasteiger charge is -2.13. The molecule has 2 N–H and O–H groups in total. The SMILES string of the molecule is N[C@@H](COCc1ccccc1)CS(=O)(=O)Cc1ccc2sccc2c1. The van der Waals surface area contributed by atoms with Crippen molar-refractivity contribution in [2.45, 2.75) is 18.4 Å². The van der Waals surface area contributed by atoms with Gasteiger partial charge in [0.05, 0.1) is 24.7 Å². The Morgan fingerprint density at radius 3 is 2.64 bits per heavy atom. The minimum Gasteiger partial charge on any atom is -0.375 e. The van der Waals surface area contributed by atoms with Gasteiger partial charge in [0, 0.05) is 10.7 Å². The van der Waals surface area contributed by atoms with Crippen LogP contribution in [0.15, 0.2) is 60.0 Å². The van der Waals surface area contributed by atoms with Crippen LogP contribution in [-0.4, -0.2) is 26.8 Å². The summed E-state index contributed by atoms with van der Waals surface area (Å²) in [5.74, 6) is -0.0748. The number of rotatable bonds is 8. The predicted molar refractivity (Wildman–Crippen MR) is 103 cm³/mol. The molecular weight excluding hydrogens is 354 g/mol. The molecule has 0 saturated heterocycles. The maximum atomic E-state index is 12.4. The molecule has 0 bridgehead atoms. The zero-order chi connectivity index (χ0) is 17.7. The van der Waals surface area contributed by atoms with Crippen molar-refractivity contribution >= 4 is 31.3 Å². The van der Waals surface area contributed by atoms with Gasteiger partial charge in [0.25, 0.3) is 0 Å². The highest BCUT2D eigenvalue weighted by atomic mass is 32.2. The normalized spacial score (nSPS) is 13.2. The first-order valence-electron chi connectivity index (χ1n) is 8.06. The average molecular weight is 376 g/mol. The van der Waals surface area contributed by atoms with E-state index in [1.54, 1.807) is 11.3 Å². The lowest BCUT2D eigenvalue weighted by atomic mass is 10.2. The van der Waals surface area contributed by atoms with E-state index in [4.69, 9.17) is 10.5 Å². The van der Waals surface area contributed by atoms with Gasteiger partial charge in [0.15, 0.2) is 9.84 Å². The van der Waals surface area contributed by atoms with Gasteiger partial charge < -0.3 is 10.5 Å². The Kier molecular flexibility index (Phi) is 5.86. The zero-order valence-corrected chi connectivity index (χ0v) is 15.4. The molecule has 1 aromatic heterocycles. The van der Waals surface area contributed by atoms with Gasteiger partial charge >= 0.3 is 0 Å². The van der Waals surface area contributed by atoms with Crippen molar-refractivity contribution < 1.29 is 13.2 Å². The summed E-state index contributed by atoms with van der Waals surface area (Å²) in [6.45, 7) is 0.654. The van der Waals surface area contributed by atoms with E-state index in [0.717, 1.165) is 21.2 Å². The second-order valence-corrected chi connectivity index (χ2v) is 9.17. The largest absolute Gasteiger partial charge is 0.375 e. The summed E-state index contributed by atoms with van der Waals surface area (Å²) in [7, 11) is -3.28. The van der Waals surface area contributed by atoms with Gasteiger partial charge in [-0.1, -0.05) is 36.4 Å². The smallest absolute Gasteiger partial charge is 0.156 e. The molecule has 1 atom stereocenters. The van der Waals surface area contributed by atoms with Gasteiger partial charge in [0.2, 0.25) is 0 Å². The predicted octanol–water partition coefficient (Wildman–Crippen LogP) is 3.36. The molecule has 6 heteroatoms. The van der Waals surface area contributed by atoms with Crippen LogP contribution in [0.4, 0.5) is 0 Å². The first-order chi connectivity index (χ1) is 12.0. The van der Waals surface area contributed by atoms with Gasteiger partial charge in [-0.05, 0) is 40.1 Å². The van der Waals surface area contributed by atoms with Gasteiger partial charge in [0.1, 0.15) is 0 Å². The summed E-state index contributed by atoms with van der Waals surface area (Å²) in [6.07, 6.45) is 0. The molecule has 2 aromatic carbocycles. The molecule has 0 aliphatic rings. The highest BCUT2D eigenvalue weighted by Gasteiger charge is 2.17. The van der Waals surface area contributed by atoms with Crippen molar-refractivity contribution in [2.24, 2.45) is 5.73 Å². The van der Waals surface area contributed by atoms with Crippen molar-refractivity contribution in [1.29, 1.82) is 0 Å². The van der Waals surface area contributed by atoms with Crippen LogP contribution >= 0.6 is 11.3 Å². The Balaban J connectivity index is 1.51. The topological polar surface area (TPSA) is 69.4 Å². The lowest BCUT2D eigenvalue weighted by molar-refractivity contribution is 0.112. The quantitative estimate of drug-likeness (QED) is 0.655. The lowest BCUT2D eigenvalue weighted by Crippen LogP contribution is -2.34. The Morgan fingerprint density at radius 1 is 1.04 bits per heavy atom. The summed E-state index contributed by atoms with van der Waals surface area (Å²) in [5, 5.41) is 3.08. The number of benzene rings is 2. The van der Waals surface area contributed by atoms with Crippen molar-refractivity contribution in [2.75, 3.05) is 12.4 Å². The van der Waals surface area contributed by atoms with Crippen LogP contribution in [0.25, 0.3) is 10.1 Å². The Bertz CT molecular complexity index is 920. The van der Waals surface area contributed by atoms with Crippen molar-refractivity contribution in [1.82, 2.24) is 0 Å². The van der Waals surface area contributed by atoms with Gasteiger partial charge in [-0.2, -0.15) is 0 Å². The fraction of sp³-hybridized carbons (Fsp3) is 0.263. The van der Waals surface area contributed by atoms with E-state index < -0.39 is 15.9 Å². The molecule has 0 saturated carbocycles. The van der Waals surface area contributed by atoms with Crippen LogP contribution in [0.1, 0.15) is 11.1 Å². The van der Waals surface area contributed by atoms with Crippen LogP contribution in [0.5, 0.6) is 0 Å². The fourth-order valence-corrected chi connectivity index (χ4v) is 5.02. The average Bonchev–Trinajstić information content (AvgIpc) is 3.02. The second kappa shape index (κ2) is 8.10. The van der Waals surface area contributed by atoms with E-state index in [0.29, 0.717) is 6.61 Å². The number of fused-ring (bicyclic) bond motifs is 1. The molecule has 0 radical (unpaired) electrons. The highest BCUT2D eigenvalue weighted by Crippen LogP contribution is 2.22. The van der Waals surface area contributed by atoms with Crippen LogP contribution in [0.2, 0.25) is 0 Å². The molecule has 0 spiro atoms. The number of hydrogen-bond donors (Lipinski definition) is 1. The maximum Gasteiger partial charge on any atom is 0.156 e. The van der Waals surface area contributed by atoms with E-state index in [1.165, 1.54) is 0 Å². The molecule has 3 rings (SSSR count). The molecule has 132 valence electrons. The molecule has 3 aromatic rings. The first-order valence-corrected chi connectivity index (χ1v) is 10.8. The number of hydrogen-bond acceptors (Lipinski definition) is 5. The molecule has 4 nitrogen and oxygen atoms in total. The second-order valence-electron chi connectivity index (χ2n) is 6.11. The van der Waals surface area contributed by atoms with E-state index >= 15 is 0 Å². The highest BCUT2D eigenvalue weighted by molar-refractivity contribution is 7.90. The van der Waals surface area contributed by atoms with E-state index in [9.17, 15) is 8.42 Å². The Morgan fingerprint density at radius 2 is 1.84 bits per heavy atom. The molecule has 25 heavy (non-hydrogen) atoms. The zero-order valence-electron chi connectivity index (χ0n) is 13.8. The third kappa shape index (κ3) is 5.37. The molecule has 0 fully saturated rings. The Labute approximate surface area is 152 Å². The summed E-state index contributed by atoms with van der Waals surface area (Å²) in [6, 6.07) is 17.0. The molecule has 0 unspecified atom stereocenters. The maximum absolute atomic E-state index is 12.4.